The highest BCUT2D eigenvalue weighted by Gasteiger charge is 2.21. The van der Waals surface area contributed by atoms with Gasteiger partial charge in [-0.1, -0.05) is 18.2 Å². The van der Waals surface area contributed by atoms with Crippen molar-refractivity contribution in [2.24, 2.45) is 0 Å². The van der Waals surface area contributed by atoms with Crippen LogP contribution in [0, 0.1) is 0 Å². The van der Waals surface area contributed by atoms with Gasteiger partial charge >= 0.3 is 0 Å². The standard InChI is InChI=1S/C19H17NO5S/c1-24-15-8-9-18(25-2)17(12-15)19(21)14-10-11-20(13-14)26(22,23)16-6-4-3-5-7-16/h3-13H,1-2H3. The van der Waals surface area contributed by atoms with E-state index in [1.165, 1.54) is 44.8 Å². The van der Waals surface area contributed by atoms with Gasteiger partial charge in [0.2, 0.25) is 0 Å². The summed E-state index contributed by atoms with van der Waals surface area (Å²) in [5.41, 5.74) is 0.526. The molecule has 6 nitrogen and oxygen atoms in total. The number of hydrogen-bond acceptors (Lipinski definition) is 5. The molecule has 0 spiro atoms. The van der Waals surface area contributed by atoms with E-state index in [9.17, 15) is 13.2 Å². The molecule has 0 saturated heterocycles. The Morgan fingerprint density at radius 1 is 0.962 bits per heavy atom. The molecule has 0 aliphatic carbocycles. The van der Waals surface area contributed by atoms with Crippen LogP contribution >= 0.6 is 0 Å². The van der Waals surface area contributed by atoms with Crippen molar-refractivity contribution < 1.29 is 22.7 Å². The van der Waals surface area contributed by atoms with Gasteiger partial charge in [0, 0.05) is 18.0 Å². The molecule has 0 saturated carbocycles. The van der Waals surface area contributed by atoms with Crippen LogP contribution in [0.1, 0.15) is 15.9 Å². The van der Waals surface area contributed by atoms with E-state index in [0.29, 0.717) is 17.1 Å². The Kier molecular flexibility index (Phi) is 4.81. The Labute approximate surface area is 151 Å². The van der Waals surface area contributed by atoms with Gasteiger partial charge in [0.15, 0.2) is 5.78 Å². The first-order valence-electron chi connectivity index (χ1n) is 7.72. The highest BCUT2D eigenvalue weighted by molar-refractivity contribution is 7.90. The maximum atomic E-state index is 12.8. The van der Waals surface area contributed by atoms with Crippen LogP contribution in [0.25, 0.3) is 0 Å². The molecular formula is C19H17NO5S. The van der Waals surface area contributed by atoms with Crippen molar-refractivity contribution in [3.63, 3.8) is 0 Å². The lowest BCUT2D eigenvalue weighted by atomic mass is 10.0. The molecule has 1 heterocycles. The lowest BCUT2D eigenvalue weighted by molar-refractivity contribution is 0.103. The average Bonchev–Trinajstić information content (AvgIpc) is 3.18. The molecule has 0 unspecified atom stereocenters. The smallest absolute Gasteiger partial charge is 0.267 e. The SMILES string of the molecule is COc1ccc(OC)c(C(=O)c2ccn(S(=O)(=O)c3ccccc3)c2)c1. The molecule has 26 heavy (non-hydrogen) atoms. The molecule has 0 amide bonds. The van der Waals surface area contributed by atoms with Crippen molar-refractivity contribution in [2.75, 3.05) is 14.2 Å². The second kappa shape index (κ2) is 7.05. The van der Waals surface area contributed by atoms with E-state index in [1.807, 2.05) is 0 Å². The molecule has 3 aromatic rings. The Balaban J connectivity index is 1.99. The number of aromatic nitrogens is 1. The monoisotopic (exact) mass is 371 g/mol. The van der Waals surface area contributed by atoms with Crippen molar-refractivity contribution in [1.82, 2.24) is 3.97 Å². The molecule has 0 fully saturated rings. The van der Waals surface area contributed by atoms with Crippen LogP contribution in [0.3, 0.4) is 0 Å². The molecule has 0 radical (unpaired) electrons. The molecule has 0 atom stereocenters. The third kappa shape index (κ3) is 3.21. The Morgan fingerprint density at radius 3 is 2.35 bits per heavy atom. The summed E-state index contributed by atoms with van der Waals surface area (Å²) in [4.78, 5) is 13.0. The highest BCUT2D eigenvalue weighted by atomic mass is 32.2. The van der Waals surface area contributed by atoms with E-state index >= 15 is 0 Å². The molecule has 134 valence electrons. The van der Waals surface area contributed by atoms with Gasteiger partial charge in [0.1, 0.15) is 11.5 Å². The van der Waals surface area contributed by atoms with Crippen LogP contribution in [0.2, 0.25) is 0 Å². The molecular weight excluding hydrogens is 354 g/mol. The van der Waals surface area contributed by atoms with Crippen LogP contribution in [-0.4, -0.2) is 32.4 Å². The van der Waals surface area contributed by atoms with Gasteiger partial charge in [0.05, 0.1) is 24.7 Å². The summed E-state index contributed by atoms with van der Waals surface area (Å²) in [5.74, 6) is 0.530. The quantitative estimate of drug-likeness (QED) is 0.623. The molecule has 1 aromatic heterocycles. The normalized spacial score (nSPS) is 11.2. The number of carbonyl (C=O) groups excluding carboxylic acids is 1. The van der Waals surface area contributed by atoms with Crippen LogP contribution in [0.4, 0.5) is 0 Å². The first kappa shape index (κ1) is 17.8. The van der Waals surface area contributed by atoms with Gasteiger partial charge in [-0.3, -0.25) is 4.79 Å². The summed E-state index contributed by atoms with van der Waals surface area (Å²) < 4.78 is 36.7. The minimum atomic E-state index is -3.75. The fourth-order valence-electron chi connectivity index (χ4n) is 2.52. The maximum Gasteiger partial charge on any atom is 0.267 e. The number of rotatable bonds is 6. The van der Waals surface area contributed by atoms with Gasteiger partial charge in [-0.2, -0.15) is 0 Å². The predicted molar refractivity (Wildman–Crippen MR) is 96.4 cm³/mol. The van der Waals surface area contributed by atoms with Crippen LogP contribution in [0.5, 0.6) is 11.5 Å². The third-order valence-corrected chi connectivity index (χ3v) is 5.55. The van der Waals surface area contributed by atoms with Gasteiger partial charge in [0.25, 0.3) is 10.0 Å². The van der Waals surface area contributed by atoms with Gasteiger partial charge < -0.3 is 9.47 Å². The van der Waals surface area contributed by atoms with Crippen molar-refractivity contribution >= 4 is 15.8 Å². The number of benzene rings is 2. The third-order valence-electron chi connectivity index (χ3n) is 3.90. The number of nitrogens with zero attached hydrogens (tertiary/aromatic N) is 1. The lowest BCUT2D eigenvalue weighted by Crippen LogP contribution is -2.11. The summed E-state index contributed by atoms with van der Waals surface area (Å²) in [6, 6.07) is 14.4. The van der Waals surface area contributed by atoms with Crippen LogP contribution in [0.15, 0.2) is 71.9 Å². The van der Waals surface area contributed by atoms with Crippen molar-refractivity contribution in [3.8, 4) is 11.5 Å². The highest BCUT2D eigenvalue weighted by Crippen LogP contribution is 2.27. The number of ether oxygens (including phenoxy) is 2. The first-order valence-corrected chi connectivity index (χ1v) is 9.16. The van der Waals surface area contributed by atoms with E-state index in [4.69, 9.17) is 9.47 Å². The summed E-state index contributed by atoms with van der Waals surface area (Å²) in [6.07, 6.45) is 2.64. The number of hydrogen-bond donors (Lipinski definition) is 0. The largest absolute Gasteiger partial charge is 0.497 e. The summed E-state index contributed by atoms with van der Waals surface area (Å²) in [6.45, 7) is 0. The summed E-state index contributed by atoms with van der Waals surface area (Å²) in [5, 5.41) is 0. The van der Waals surface area contributed by atoms with E-state index in [1.54, 1.807) is 36.4 Å². The zero-order chi connectivity index (χ0) is 18.7. The van der Waals surface area contributed by atoms with E-state index < -0.39 is 10.0 Å². The number of ketones is 1. The summed E-state index contributed by atoms with van der Waals surface area (Å²) >= 11 is 0. The zero-order valence-electron chi connectivity index (χ0n) is 14.2. The fraction of sp³-hybridized carbons (Fsp3) is 0.105. The average molecular weight is 371 g/mol. The minimum Gasteiger partial charge on any atom is -0.497 e. The van der Waals surface area contributed by atoms with Crippen molar-refractivity contribution in [2.45, 2.75) is 4.90 Å². The fourth-order valence-corrected chi connectivity index (χ4v) is 3.74. The molecule has 0 N–H and O–H groups in total. The second-order valence-electron chi connectivity index (χ2n) is 5.44. The van der Waals surface area contributed by atoms with E-state index in [-0.39, 0.29) is 16.2 Å². The minimum absolute atomic E-state index is 0.147. The summed E-state index contributed by atoms with van der Waals surface area (Å²) in [7, 11) is -0.793. The Morgan fingerprint density at radius 2 is 1.69 bits per heavy atom. The van der Waals surface area contributed by atoms with E-state index in [0.717, 1.165) is 3.97 Å². The zero-order valence-corrected chi connectivity index (χ0v) is 15.1. The maximum absolute atomic E-state index is 12.8. The predicted octanol–water partition coefficient (Wildman–Crippen LogP) is 2.97. The van der Waals surface area contributed by atoms with Gasteiger partial charge in [-0.25, -0.2) is 12.4 Å². The first-order chi connectivity index (χ1) is 12.5. The van der Waals surface area contributed by atoms with Crippen LogP contribution < -0.4 is 9.47 Å². The molecule has 3 rings (SSSR count). The second-order valence-corrected chi connectivity index (χ2v) is 7.29. The molecule has 0 aliphatic rings. The molecule has 7 heteroatoms. The van der Waals surface area contributed by atoms with E-state index in [2.05, 4.69) is 0 Å². The van der Waals surface area contributed by atoms with Gasteiger partial charge in [-0.05, 0) is 36.4 Å². The molecule has 0 bridgehead atoms. The molecule has 0 aliphatic heterocycles. The number of methoxy groups -OCH3 is 2. The molecule has 2 aromatic carbocycles. The van der Waals surface area contributed by atoms with Gasteiger partial charge in [-0.15, -0.1) is 0 Å². The number of carbonyl (C=O) groups is 1. The Hall–Kier alpha value is -3.06. The Bertz CT molecular complexity index is 1040. The van der Waals surface area contributed by atoms with Crippen molar-refractivity contribution in [3.05, 3.63) is 78.1 Å². The topological polar surface area (TPSA) is 74.6 Å². The lowest BCUT2D eigenvalue weighted by Gasteiger charge is -2.09. The van der Waals surface area contributed by atoms with Crippen LogP contribution in [-0.2, 0) is 10.0 Å². The van der Waals surface area contributed by atoms with Crippen molar-refractivity contribution in [1.29, 1.82) is 0 Å².